The Kier molecular flexibility index (Phi) is 5.43. The average Bonchev–Trinajstić information content (AvgIpc) is 2.47. The van der Waals surface area contributed by atoms with Gasteiger partial charge in [-0.1, -0.05) is 38.8 Å². The molecule has 1 fully saturated rings. The summed E-state index contributed by atoms with van der Waals surface area (Å²) in [6.45, 7) is 4.50. The Labute approximate surface area is 127 Å². The maximum atomic E-state index is 12.1. The number of rotatable bonds is 4. The van der Waals surface area contributed by atoms with Crippen molar-refractivity contribution in [3.63, 3.8) is 0 Å². The first kappa shape index (κ1) is 15.6. The third-order valence-electron chi connectivity index (χ3n) is 4.37. The van der Waals surface area contributed by atoms with Crippen LogP contribution < -0.4 is 11.1 Å². The molecule has 3 N–H and O–H groups in total. The number of amides is 1. The quantitative estimate of drug-likeness (QED) is 0.656. The highest BCUT2D eigenvalue weighted by atomic mass is 16.1. The number of benzene rings is 1. The van der Waals surface area contributed by atoms with Gasteiger partial charge in [-0.2, -0.15) is 0 Å². The lowest BCUT2D eigenvalue weighted by atomic mass is 9.78. The Balaban J connectivity index is 1.92. The number of nitrogen functional groups attached to an aromatic ring is 1. The number of hydrogen-bond donors (Lipinski definition) is 2. The number of nitrogens with two attached hydrogens (primary N) is 1. The van der Waals surface area contributed by atoms with E-state index in [2.05, 4.69) is 19.2 Å². The SMILES string of the molecule is CC(C)C1CCCCC1NC(=O)/C=C/c1ccc(N)cc1. The van der Waals surface area contributed by atoms with Crippen molar-refractivity contribution in [3.8, 4) is 0 Å². The Bertz CT molecular complexity index is 490. The zero-order chi connectivity index (χ0) is 15.2. The molecule has 2 rings (SSSR count). The van der Waals surface area contributed by atoms with Crippen LogP contribution in [0, 0.1) is 11.8 Å². The zero-order valence-electron chi connectivity index (χ0n) is 13.0. The van der Waals surface area contributed by atoms with Gasteiger partial charge in [-0.05, 0) is 48.4 Å². The molecule has 0 bridgehead atoms. The van der Waals surface area contributed by atoms with Crippen LogP contribution in [0.25, 0.3) is 6.08 Å². The molecule has 2 atom stereocenters. The fourth-order valence-electron chi connectivity index (χ4n) is 3.15. The monoisotopic (exact) mass is 286 g/mol. The average molecular weight is 286 g/mol. The van der Waals surface area contributed by atoms with Crippen LogP contribution in [0.2, 0.25) is 0 Å². The van der Waals surface area contributed by atoms with E-state index < -0.39 is 0 Å². The Morgan fingerprint density at radius 2 is 1.90 bits per heavy atom. The highest BCUT2D eigenvalue weighted by molar-refractivity contribution is 5.91. The first-order chi connectivity index (χ1) is 10.1. The normalized spacial score (nSPS) is 22.6. The summed E-state index contributed by atoms with van der Waals surface area (Å²) in [5.41, 5.74) is 7.37. The molecule has 2 unspecified atom stereocenters. The van der Waals surface area contributed by atoms with E-state index in [1.807, 2.05) is 30.3 Å². The van der Waals surface area contributed by atoms with Crippen LogP contribution in [-0.4, -0.2) is 11.9 Å². The fraction of sp³-hybridized carbons (Fsp3) is 0.500. The molecule has 3 nitrogen and oxygen atoms in total. The molecule has 1 aliphatic carbocycles. The zero-order valence-corrected chi connectivity index (χ0v) is 13.0. The lowest BCUT2D eigenvalue weighted by Crippen LogP contribution is -2.43. The van der Waals surface area contributed by atoms with Crippen molar-refractivity contribution >= 4 is 17.7 Å². The van der Waals surface area contributed by atoms with Gasteiger partial charge in [0.25, 0.3) is 0 Å². The van der Waals surface area contributed by atoms with Crippen molar-refractivity contribution in [2.24, 2.45) is 11.8 Å². The smallest absolute Gasteiger partial charge is 0.244 e. The van der Waals surface area contributed by atoms with Crippen LogP contribution in [0.15, 0.2) is 30.3 Å². The van der Waals surface area contributed by atoms with Gasteiger partial charge in [-0.25, -0.2) is 0 Å². The van der Waals surface area contributed by atoms with Crippen LogP contribution >= 0.6 is 0 Å². The van der Waals surface area contributed by atoms with E-state index in [0.717, 1.165) is 17.7 Å². The van der Waals surface area contributed by atoms with Crippen LogP contribution in [0.5, 0.6) is 0 Å². The maximum Gasteiger partial charge on any atom is 0.244 e. The van der Waals surface area contributed by atoms with Gasteiger partial charge in [0.15, 0.2) is 0 Å². The minimum atomic E-state index is 0.00405. The third kappa shape index (κ3) is 4.62. The molecule has 1 aromatic carbocycles. The molecule has 0 radical (unpaired) electrons. The Morgan fingerprint density at radius 3 is 2.57 bits per heavy atom. The highest BCUT2D eigenvalue weighted by Crippen LogP contribution is 2.30. The minimum Gasteiger partial charge on any atom is -0.399 e. The standard InChI is InChI=1S/C18H26N2O/c1-13(2)16-5-3-4-6-17(16)20-18(21)12-9-14-7-10-15(19)11-8-14/h7-13,16-17H,3-6,19H2,1-2H3,(H,20,21)/b12-9+. The van der Waals surface area contributed by atoms with E-state index in [1.165, 1.54) is 19.3 Å². The largest absolute Gasteiger partial charge is 0.399 e. The summed E-state index contributed by atoms with van der Waals surface area (Å²) in [6.07, 6.45) is 8.29. The van der Waals surface area contributed by atoms with Gasteiger partial charge in [-0.3, -0.25) is 4.79 Å². The van der Waals surface area contributed by atoms with E-state index in [4.69, 9.17) is 5.73 Å². The van der Waals surface area contributed by atoms with E-state index in [9.17, 15) is 4.79 Å². The molecule has 1 saturated carbocycles. The summed E-state index contributed by atoms with van der Waals surface area (Å²) < 4.78 is 0. The second kappa shape index (κ2) is 7.30. The Morgan fingerprint density at radius 1 is 1.24 bits per heavy atom. The predicted octanol–water partition coefficient (Wildman–Crippen LogP) is 3.61. The van der Waals surface area contributed by atoms with Crippen molar-refractivity contribution in [2.75, 3.05) is 5.73 Å². The van der Waals surface area contributed by atoms with Crippen molar-refractivity contribution in [1.82, 2.24) is 5.32 Å². The van der Waals surface area contributed by atoms with E-state index in [-0.39, 0.29) is 5.91 Å². The second-order valence-electron chi connectivity index (χ2n) is 6.31. The molecule has 0 aromatic heterocycles. The number of carbonyl (C=O) groups is 1. The summed E-state index contributed by atoms with van der Waals surface area (Å²) in [4.78, 5) is 12.1. The van der Waals surface area contributed by atoms with Crippen LogP contribution in [0.3, 0.4) is 0 Å². The molecule has 0 heterocycles. The van der Waals surface area contributed by atoms with Crippen LogP contribution in [0.1, 0.15) is 45.1 Å². The predicted molar refractivity (Wildman–Crippen MR) is 88.6 cm³/mol. The molecule has 114 valence electrons. The van der Waals surface area contributed by atoms with Crippen molar-refractivity contribution in [1.29, 1.82) is 0 Å². The summed E-state index contributed by atoms with van der Waals surface area (Å²) in [7, 11) is 0. The molecule has 3 heteroatoms. The third-order valence-corrected chi connectivity index (χ3v) is 4.37. The molecule has 0 aliphatic heterocycles. The van der Waals surface area contributed by atoms with Gasteiger partial charge in [-0.15, -0.1) is 0 Å². The topological polar surface area (TPSA) is 55.1 Å². The number of carbonyl (C=O) groups excluding carboxylic acids is 1. The van der Waals surface area contributed by atoms with Gasteiger partial charge < -0.3 is 11.1 Å². The second-order valence-corrected chi connectivity index (χ2v) is 6.31. The molecule has 1 amide bonds. The van der Waals surface area contributed by atoms with E-state index in [1.54, 1.807) is 6.08 Å². The van der Waals surface area contributed by atoms with Gasteiger partial charge in [0.1, 0.15) is 0 Å². The van der Waals surface area contributed by atoms with E-state index in [0.29, 0.717) is 17.9 Å². The van der Waals surface area contributed by atoms with Gasteiger partial charge >= 0.3 is 0 Å². The Hall–Kier alpha value is -1.77. The first-order valence-electron chi connectivity index (χ1n) is 7.90. The van der Waals surface area contributed by atoms with Crippen molar-refractivity contribution < 1.29 is 4.79 Å². The highest BCUT2D eigenvalue weighted by Gasteiger charge is 2.27. The summed E-state index contributed by atoms with van der Waals surface area (Å²) >= 11 is 0. The lowest BCUT2D eigenvalue weighted by molar-refractivity contribution is -0.117. The summed E-state index contributed by atoms with van der Waals surface area (Å²) in [5.74, 6) is 1.23. The van der Waals surface area contributed by atoms with Gasteiger partial charge in [0.05, 0.1) is 0 Å². The van der Waals surface area contributed by atoms with Crippen LogP contribution in [-0.2, 0) is 4.79 Å². The van der Waals surface area contributed by atoms with Gasteiger partial charge in [0.2, 0.25) is 5.91 Å². The fourth-order valence-corrected chi connectivity index (χ4v) is 3.15. The summed E-state index contributed by atoms with van der Waals surface area (Å²) in [5, 5.41) is 3.18. The maximum absolute atomic E-state index is 12.1. The molecule has 0 spiro atoms. The number of nitrogens with one attached hydrogen (secondary N) is 1. The molecular formula is C18H26N2O. The molecule has 0 saturated heterocycles. The summed E-state index contributed by atoms with van der Waals surface area (Å²) in [6, 6.07) is 7.83. The number of anilines is 1. The molecule has 1 aliphatic rings. The van der Waals surface area contributed by atoms with E-state index >= 15 is 0 Å². The van der Waals surface area contributed by atoms with Crippen molar-refractivity contribution in [3.05, 3.63) is 35.9 Å². The minimum absolute atomic E-state index is 0.00405. The van der Waals surface area contributed by atoms with Gasteiger partial charge in [0, 0.05) is 17.8 Å². The lowest BCUT2D eigenvalue weighted by Gasteiger charge is -2.34. The first-order valence-corrected chi connectivity index (χ1v) is 7.90. The van der Waals surface area contributed by atoms with Crippen molar-refractivity contribution in [2.45, 2.75) is 45.6 Å². The van der Waals surface area contributed by atoms with Crippen LogP contribution in [0.4, 0.5) is 5.69 Å². The molecule has 1 aromatic rings. The number of hydrogen-bond acceptors (Lipinski definition) is 2. The molecule has 21 heavy (non-hydrogen) atoms. The molecular weight excluding hydrogens is 260 g/mol.